The Hall–Kier alpha value is -9.33. The second kappa shape index (κ2) is 23.6. The number of hydrogen-bond donors (Lipinski definition) is 0. The molecule has 0 amide bonds. The zero-order chi connectivity index (χ0) is 58.9. The van der Waals surface area contributed by atoms with Gasteiger partial charge in [0.2, 0.25) is 15.9 Å². The van der Waals surface area contributed by atoms with Gasteiger partial charge in [0.25, 0.3) is 0 Å². The van der Waals surface area contributed by atoms with Gasteiger partial charge in [-0.3, -0.25) is 0 Å². The molecule has 14 heteroatoms. The van der Waals surface area contributed by atoms with E-state index in [-0.39, 0.29) is 27.1 Å². The molecule has 418 valence electrons. The Balaban J connectivity index is 0.000000126. The van der Waals surface area contributed by atoms with Crippen LogP contribution in [0.15, 0.2) is 251 Å². The maximum absolute atomic E-state index is 6.36. The quantitative estimate of drug-likeness (QED) is 0.136. The Labute approximate surface area is 512 Å². The van der Waals surface area contributed by atoms with Crippen LogP contribution in [0.5, 0.6) is 0 Å². The summed E-state index contributed by atoms with van der Waals surface area (Å²) in [7, 11) is -0.392. The van der Waals surface area contributed by atoms with Gasteiger partial charge in [0, 0.05) is 38.2 Å². The lowest BCUT2D eigenvalue weighted by atomic mass is 9.79. The van der Waals surface area contributed by atoms with E-state index in [2.05, 4.69) is 156 Å². The normalized spacial score (nSPS) is 13.4. The lowest BCUT2D eigenvalue weighted by molar-refractivity contribution is 0.00578. The van der Waals surface area contributed by atoms with E-state index in [4.69, 9.17) is 57.9 Å². The zero-order valence-electron chi connectivity index (χ0n) is 47.1. The molecule has 0 aliphatic carbocycles. The number of hydrogen-bond acceptors (Lipinski definition) is 10. The maximum Gasteiger partial charge on any atom is 0.494 e. The molecule has 1 aliphatic heterocycles. The SMILES string of the molecule is CC1(C)OB(c2ccc3c(c2)oc2cccc(-c4ccccc4)c23)OC1(C)C.Clc1nc(-c2ccc(-c3ccccc3)cc2)nc(-c2ccc3c(c2)oc2cccc(-c4ccccc4)c23)n1.Clc1nc(Cl)nc(-c2ccc(-c3ccccc3)cc2)n1. The van der Waals surface area contributed by atoms with E-state index in [0.717, 1.165) is 99.4 Å². The van der Waals surface area contributed by atoms with E-state index in [1.807, 2.05) is 140 Å². The molecule has 15 rings (SSSR count). The van der Waals surface area contributed by atoms with Gasteiger partial charge < -0.3 is 18.1 Å². The summed E-state index contributed by atoms with van der Waals surface area (Å²) in [6, 6.07) is 81.8. The van der Waals surface area contributed by atoms with Gasteiger partial charge in [0.1, 0.15) is 22.3 Å². The van der Waals surface area contributed by atoms with Crippen LogP contribution in [-0.4, -0.2) is 48.2 Å². The summed E-state index contributed by atoms with van der Waals surface area (Å²) in [6.45, 7) is 8.27. The molecule has 1 saturated heterocycles. The molecule has 86 heavy (non-hydrogen) atoms. The zero-order valence-corrected chi connectivity index (χ0v) is 49.4. The molecule has 0 N–H and O–H groups in total. The van der Waals surface area contributed by atoms with Crippen molar-refractivity contribution in [3.63, 3.8) is 0 Å². The van der Waals surface area contributed by atoms with Gasteiger partial charge in [-0.15, -0.1) is 0 Å². The Morgan fingerprint density at radius 1 is 0.302 bits per heavy atom. The third-order valence-corrected chi connectivity index (χ3v) is 16.2. The molecule has 4 aromatic heterocycles. The fourth-order valence-corrected chi connectivity index (χ4v) is 11.1. The Bertz CT molecular complexity index is 4710. The van der Waals surface area contributed by atoms with Gasteiger partial charge >= 0.3 is 7.12 Å². The van der Waals surface area contributed by atoms with E-state index in [1.165, 1.54) is 11.1 Å². The second-order valence-electron chi connectivity index (χ2n) is 21.7. The van der Waals surface area contributed by atoms with Gasteiger partial charge in [0.05, 0.1) is 11.2 Å². The average Bonchev–Trinajstić information content (AvgIpc) is 1.89. The third-order valence-electron chi connectivity index (χ3n) is 15.7. The number of benzene rings is 10. The van der Waals surface area contributed by atoms with E-state index in [9.17, 15) is 0 Å². The minimum absolute atomic E-state index is 0.0899. The van der Waals surface area contributed by atoms with Crippen molar-refractivity contribution in [3.05, 3.63) is 259 Å². The van der Waals surface area contributed by atoms with Crippen LogP contribution in [0, 0.1) is 0 Å². The first kappa shape index (κ1) is 55.8. The molecule has 0 saturated carbocycles. The minimum atomic E-state index is -0.392. The summed E-state index contributed by atoms with van der Waals surface area (Å²) in [5.41, 5.74) is 15.4. The number of nitrogens with zero attached hydrogens (tertiary/aromatic N) is 6. The first-order valence-electron chi connectivity index (χ1n) is 28.0. The number of furan rings is 2. The predicted octanol–water partition coefficient (Wildman–Crippen LogP) is 19.2. The molecule has 10 nitrogen and oxygen atoms in total. The largest absolute Gasteiger partial charge is 0.494 e. The van der Waals surface area contributed by atoms with E-state index >= 15 is 0 Å². The fourth-order valence-electron chi connectivity index (χ4n) is 10.6. The van der Waals surface area contributed by atoms with Crippen molar-refractivity contribution in [1.82, 2.24) is 29.9 Å². The summed E-state index contributed by atoms with van der Waals surface area (Å²) >= 11 is 17.9. The van der Waals surface area contributed by atoms with Crippen molar-refractivity contribution >= 4 is 91.3 Å². The van der Waals surface area contributed by atoms with Crippen molar-refractivity contribution in [2.45, 2.75) is 38.9 Å². The van der Waals surface area contributed by atoms with Gasteiger partial charge in [-0.2, -0.15) is 24.9 Å². The van der Waals surface area contributed by atoms with E-state index in [1.54, 1.807) is 0 Å². The van der Waals surface area contributed by atoms with E-state index in [0.29, 0.717) is 17.5 Å². The molecule has 0 atom stereocenters. The first-order chi connectivity index (χ1) is 41.8. The van der Waals surface area contributed by atoms with Gasteiger partial charge in [-0.25, -0.2) is 4.98 Å². The Kier molecular flexibility index (Phi) is 15.3. The fraction of sp³-hybridized carbons (Fsp3) is 0.0833. The third kappa shape index (κ3) is 11.5. The maximum atomic E-state index is 6.36. The first-order valence-corrected chi connectivity index (χ1v) is 29.1. The summed E-state index contributed by atoms with van der Waals surface area (Å²) in [6.07, 6.45) is 0. The molecule has 0 bridgehead atoms. The standard InChI is InChI=1S/C33H20ClN3O.C24H23BO3.C15H9Cl2N3/c34-33-36-31(24-16-14-22(15-17-24)21-8-3-1-4-9-21)35-32(37-33)25-18-19-27-29(20-25)38-28-13-7-12-26(30(27)28)23-10-5-2-6-11-23;1-23(2)24(3,4)28-25(27-23)17-13-14-19-21(15-17)26-20-12-8-11-18(22(19)20)16-9-6-5-7-10-16;16-14-18-13(19-15(17)20-14)12-8-6-11(7-9-12)10-4-2-1-3-5-10/h1-20H;5-15H,1-4H3;1-9H. The highest BCUT2D eigenvalue weighted by molar-refractivity contribution is 6.62. The number of rotatable bonds is 8. The highest BCUT2D eigenvalue weighted by Gasteiger charge is 2.51. The monoisotopic (exact) mass is 1180 g/mol. The van der Waals surface area contributed by atoms with Crippen LogP contribution in [0.3, 0.4) is 0 Å². The molecule has 5 heterocycles. The number of halogens is 3. The van der Waals surface area contributed by atoms with Crippen molar-refractivity contribution in [1.29, 1.82) is 0 Å². The Morgan fingerprint density at radius 2 is 0.651 bits per heavy atom. The Morgan fingerprint density at radius 3 is 1.10 bits per heavy atom. The molecule has 1 aliphatic rings. The van der Waals surface area contributed by atoms with Crippen molar-refractivity contribution < 1.29 is 18.1 Å². The topological polar surface area (TPSA) is 122 Å². The highest BCUT2D eigenvalue weighted by Crippen LogP contribution is 2.41. The average molecular weight is 1180 g/mol. The van der Waals surface area contributed by atoms with Gasteiger partial charge in [-0.05, 0) is 143 Å². The molecule has 0 spiro atoms. The van der Waals surface area contributed by atoms with Gasteiger partial charge in [0.15, 0.2) is 17.5 Å². The van der Waals surface area contributed by atoms with Crippen molar-refractivity contribution in [2.75, 3.05) is 0 Å². The molecule has 10 aromatic carbocycles. The van der Waals surface area contributed by atoms with Crippen molar-refractivity contribution in [3.8, 4) is 78.7 Å². The van der Waals surface area contributed by atoms with Crippen LogP contribution in [0.25, 0.3) is 123 Å². The van der Waals surface area contributed by atoms with Crippen LogP contribution in [0.4, 0.5) is 0 Å². The summed E-state index contributed by atoms with van der Waals surface area (Å²) < 4.78 is 24.9. The smallest absolute Gasteiger partial charge is 0.456 e. The van der Waals surface area contributed by atoms with Crippen LogP contribution in [-0.2, 0) is 9.31 Å². The molecular formula is C72H52BCl3N6O4. The molecule has 0 unspecified atom stereocenters. The molecule has 0 radical (unpaired) electrons. The molecular weight excluding hydrogens is 1130 g/mol. The number of fused-ring (bicyclic) bond motifs is 6. The van der Waals surface area contributed by atoms with Crippen LogP contribution in [0.2, 0.25) is 15.9 Å². The summed E-state index contributed by atoms with van der Waals surface area (Å²) in [5, 5.41) is 4.71. The lowest BCUT2D eigenvalue weighted by Gasteiger charge is -2.32. The van der Waals surface area contributed by atoms with E-state index < -0.39 is 7.12 Å². The minimum Gasteiger partial charge on any atom is -0.456 e. The summed E-state index contributed by atoms with van der Waals surface area (Å²) in [4.78, 5) is 25.4. The molecule has 14 aromatic rings. The van der Waals surface area contributed by atoms with Crippen LogP contribution >= 0.6 is 34.8 Å². The van der Waals surface area contributed by atoms with Crippen LogP contribution < -0.4 is 5.46 Å². The predicted molar refractivity (Wildman–Crippen MR) is 349 cm³/mol. The van der Waals surface area contributed by atoms with Gasteiger partial charge in [-0.1, -0.05) is 212 Å². The highest BCUT2D eigenvalue weighted by atomic mass is 35.5. The second-order valence-corrected chi connectivity index (χ2v) is 22.7. The van der Waals surface area contributed by atoms with Crippen LogP contribution in [0.1, 0.15) is 27.7 Å². The number of aromatic nitrogens is 6. The lowest BCUT2D eigenvalue weighted by Crippen LogP contribution is -2.41. The molecule has 1 fully saturated rings. The van der Waals surface area contributed by atoms with Crippen molar-refractivity contribution in [2.24, 2.45) is 0 Å². The summed E-state index contributed by atoms with van der Waals surface area (Å²) in [5.74, 6) is 1.49.